The van der Waals surface area contributed by atoms with Crippen LogP contribution in [0.2, 0.25) is 0 Å². The number of benzene rings is 1. The molecule has 1 saturated heterocycles. The summed E-state index contributed by atoms with van der Waals surface area (Å²) in [7, 11) is 0. The Kier molecular flexibility index (Phi) is 3.77. The van der Waals surface area contributed by atoms with E-state index in [0.717, 1.165) is 24.0 Å². The van der Waals surface area contributed by atoms with Crippen LogP contribution in [0.5, 0.6) is 0 Å². The second-order valence-electron chi connectivity index (χ2n) is 4.93. The van der Waals surface area contributed by atoms with E-state index >= 15 is 0 Å². The van der Waals surface area contributed by atoms with Crippen molar-refractivity contribution in [2.45, 2.75) is 44.6 Å². The molecule has 1 unspecified atom stereocenters. The van der Waals surface area contributed by atoms with Gasteiger partial charge in [-0.1, -0.05) is 36.2 Å². The zero-order chi connectivity index (χ0) is 12.3. The molecule has 1 aliphatic rings. The molecule has 1 aromatic carbocycles. The lowest BCUT2D eigenvalue weighted by Gasteiger charge is -2.31. The molecule has 1 N–H and O–H groups in total. The van der Waals surface area contributed by atoms with Crippen LogP contribution >= 0.6 is 0 Å². The van der Waals surface area contributed by atoms with Crippen LogP contribution in [0, 0.1) is 6.92 Å². The summed E-state index contributed by atoms with van der Waals surface area (Å²) < 4.78 is 28.1. The Morgan fingerprint density at radius 1 is 1.35 bits per heavy atom. The third kappa shape index (κ3) is 3.25. The fourth-order valence-corrected chi connectivity index (χ4v) is 2.43. The molecule has 1 nitrogen and oxygen atoms in total. The summed E-state index contributed by atoms with van der Waals surface area (Å²) in [6, 6.07) is 6.74. The van der Waals surface area contributed by atoms with Gasteiger partial charge in [0.2, 0.25) is 0 Å². The van der Waals surface area contributed by atoms with E-state index in [1.807, 2.05) is 25.1 Å². The molecule has 0 aliphatic carbocycles. The molecule has 3 heteroatoms. The lowest BCUT2D eigenvalue weighted by molar-refractivity contribution is -0.0441. The molecule has 0 saturated carbocycles. The summed E-state index contributed by atoms with van der Waals surface area (Å²) in [4.78, 5) is 0. The van der Waals surface area contributed by atoms with Crippen molar-refractivity contribution in [2.75, 3.05) is 6.54 Å². The number of nitrogens with one attached hydrogen (secondary N) is 1. The Bertz CT molecular complexity index is 370. The van der Waals surface area contributed by atoms with Gasteiger partial charge in [-0.2, -0.15) is 0 Å². The highest BCUT2D eigenvalue weighted by molar-refractivity contribution is 5.23. The first-order valence-electron chi connectivity index (χ1n) is 6.25. The topological polar surface area (TPSA) is 12.0 Å². The van der Waals surface area contributed by atoms with Crippen LogP contribution in [0.15, 0.2) is 24.3 Å². The van der Waals surface area contributed by atoms with Crippen LogP contribution in [0.3, 0.4) is 0 Å². The van der Waals surface area contributed by atoms with Gasteiger partial charge in [-0.15, -0.1) is 0 Å². The van der Waals surface area contributed by atoms with Gasteiger partial charge < -0.3 is 5.32 Å². The van der Waals surface area contributed by atoms with Crippen molar-refractivity contribution < 1.29 is 8.78 Å². The third-order valence-electron chi connectivity index (χ3n) is 3.34. The smallest absolute Gasteiger partial charge is 0.267 e. The zero-order valence-corrected chi connectivity index (χ0v) is 10.2. The minimum atomic E-state index is -2.64. The first-order chi connectivity index (χ1) is 8.08. The molecule has 0 spiro atoms. The lowest BCUT2D eigenvalue weighted by atomic mass is 9.94. The van der Waals surface area contributed by atoms with Crippen LogP contribution in [0.1, 0.15) is 30.4 Å². The number of piperidine rings is 1. The molecule has 1 aromatic rings. The fourth-order valence-electron chi connectivity index (χ4n) is 2.43. The molecule has 1 aliphatic heterocycles. The van der Waals surface area contributed by atoms with Gasteiger partial charge in [-0.25, -0.2) is 8.78 Å². The minimum absolute atomic E-state index is 0.160. The zero-order valence-electron chi connectivity index (χ0n) is 10.2. The number of hydrogen-bond acceptors (Lipinski definition) is 1. The van der Waals surface area contributed by atoms with Crippen LogP contribution in [0.4, 0.5) is 8.78 Å². The molecule has 0 amide bonds. The van der Waals surface area contributed by atoms with E-state index in [1.54, 1.807) is 6.07 Å². The predicted molar refractivity (Wildman–Crippen MR) is 65.5 cm³/mol. The maximum atomic E-state index is 14.1. The average Bonchev–Trinajstić information content (AvgIpc) is 2.29. The number of aryl methyl sites for hydroxylation is 1. The largest absolute Gasteiger partial charge is 0.309 e. The summed E-state index contributed by atoms with van der Waals surface area (Å²) >= 11 is 0. The van der Waals surface area contributed by atoms with Gasteiger partial charge in [0.05, 0.1) is 6.04 Å². The molecule has 1 fully saturated rings. The van der Waals surface area contributed by atoms with Gasteiger partial charge in [0.1, 0.15) is 0 Å². The van der Waals surface area contributed by atoms with E-state index in [-0.39, 0.29) is 6.42 Å². The van der Waals surface area contributed by atoms with Crippen molar-refractivity contribution in [1.29, 1.82) is 0 Å². The number of halogens is 2. The summed E-state index contributed by atoms with van der Waals surface area (Å²) in [5, 5.41) is 2.94. The number of rotatable bonds is 3. The quantitative estimate of drug-likeness (QED) is 0.853. The highest BCUT2D eigenvalue weighted by Gasteiger charge is 2.39. The summed E-state index contributed by atoms with van der Waals surface area (Å²) in [5.74, 6) is -2.64. The summed E-state index contributed by atoms with van der Waals surface area (Å²) in [5.41, 5.74) is 1.76. The van der Waals surface area contributed by atoms with Crippen molar-refractivity contribution in [1.82, 2.24) is 5.32 Å². The van der Waals surface area contributed by atoms with Crippen molar-refractivity contribution in [3.8, 4) is 0 Å². The van der Waals surface area contributed by atoms with E-state index in [4.69, 9.17) is 0 Å². The SMILES string of the molecule is Cc1cccc(CC(F)(F)C2CCCCN2)c1. The summed E-state index contributed by atoms with van der Waals surface area (Å²) in [6.45, 7) is 2.65. The molecular formula is C14H19F2N. The first-order valence-corrected chi connectivity index (χ1v) is 6.25. The molecule has 1 heterocycles. The lowest BCUT2D eigenvalue weighted by Crippen LogP contribution is -2.48. The second kappa shape index (κ2) is 5.13. The van der Waals surface area contributed by atoms with Crippen LogP contribution in [-0.2, 0) is 6.42 Å². The Labute approximate surface area is 101 Å². The monoisotopic (exact) mass is 239 g/mol. The molecule has 1 atom stereocenters. The van der Waals surface area contributed by atoms with E-state index < -0.39 is 12.0 Å². The van der Waals surface area contributed by atoms with Crippen LogP contribution in [-0.4, -0.2) is 18.5 Å². The Hall–Kier alpha value is -0.960. The maximum absolute atomic E-state index is 14.1. The van der Waals surface area contributed by atoms with E-state index in [1.165, 1.54) is 0 Å². The Morgan fingerprint density at radius 2 is 2.18 bits per heavy atom. The van der Waals surface area contributed by atoms with Crippen LogP contribution < -0.4 is 5.32 Å². The average molecular weight is 239 g/mol. The van der Waals surface area contributed by atoms with Crippen molar-refractivity contribution >= 4 is 0 Å². The number of alkyl halides is 2. The van der Waals surface area contributed by atoms with Gasteiger partial charge in [-0.05, 0) is 31.9 Å². The van der Waals surface area contributed by atoms with Crippen molar-refractivity contribution in [3.05, 3.63) is 35.4 Å². The molecule has 17 heavy (non-hydrogen) atoms. The van der Waals surface area contributed by atoms with Gasteiger partial charge in [-0.3, -0.25) is 0 Å². The molecule has 0 bridgehead atoms. The van der Waals surface area contributed by atoms with Crippen LogP contribution in [0.25, 0.3) is 0 Å². The molecule has 94 valence electrons. The fraction of sp³-hybridized carbons (Fsp3) is 0.571. The standard InChI is InChI=1S/C14H19F2N/c1-11-5-4-6-12(9-11)10-14(15,16)13-7-2-3-8-17-13/h4-6,9,13,17H,2-3,7-8,10H2,1H3. The molecule has 0 aromatic heterocycles. The van der Waals surface area contributed by atoms with Gasteiger partial charge >= 0.3 is 0 Å². The van der Waals surface area contributed by atoms with Gasteiger partial charge in [0, 0.05) is 6.42 Å². The van der Waals surface area contributed by atoms with Crippen molar-refractivity contribution in [3.63, 3.8) is 0 Å². The minimum Gasteiger partial charge on any atom is -0.309 e. The molecule has 2 rings (SSSR count). The highest BCUT2D eigenvalue weighted by Crippen LogP contribution is 2.29. The molecular weight excluding hydrogens is 220 g/mol. The molecule has 0 radical (unpaired) electrons. The van der Waals surface area contributed by atoms with E-state index in [0.29, 0.717) is 13.0 Å². The predicted octanol–water partition coefficient (Wildman–Crippen LogP) is 3.31. The normalized spacial score (nSPS) is 21.5. The van der Waals surface area contributed by atoms with Gasteiger partial charge in [0.15, 0.2) is 0 Å². The number of hydrogen-bond donors (Lipinski definition) is 1. The van der Waals surface area contributed by atoms with Crippen molar-refractivity contribution in [2.24, 2.45) is 0 Å². The van der Waals surface area contributed by atoms with E-state index in [2.05, 4.69) is 5.32 Å². The maximum Gasteiger partial charge on any atom is 0.267 e. The Morgan fingerprint density at radius 3 is 2.82 bits per heavy atom. The van der Waals surface area contributed by atoms with Gasteiger partial charge in [0.25, 0.3) is 5.92 Å². The third-order valence-corrected chi connectivity index (χ3v) is 3.34. The first kappa shape index (κ1) is 12.5. The second-order valence-corrected chi connectivity index (χ2v) is 4.93. The summed E-state index contributed by atoms with van der Waals surface area (Å²) in [6.07, 6.45) is 2.34. The Balaban J connectivity index is 2.05. The highest BCUT2D eigenvalue weighted by atomic mass is 19.3. The van der Waals surface area contributed by atoms with E-state index in [9.17, 15) is 8.78 Å².